The highest BCUT2D eigenvalue weighted by Crippen LogP contribution is 2.31. The van der Waals surface area contributed by atoms with Gasteiger partial charge in [-0.1, -0.05) is 34.6 Å². The van der Waals surface area contributed by atoms with Gasteiger partial charge in [-0.3, -0.25) is 10.1 Å². The van der Waals surface area contributed by atoms with Crippen molar-refractivity contribution in [1.82, 2.24) is 10.2 Å². The van der Waals surface area contributed by atoms with Crippen molar-refractivity contribution in [3.8, 4) is 0 Å². The third-order valence-electron chi connectivity index (χ3n) is 3.92. The summed E-state index contributed by atoms with van der Waals surface area (Å²) < 4.78 is 0. The Labute approximate surface area is 132 Å². The van der Waals surface area contributed by atoms with Gasteiger partial charge in [-0.05, 0) is 46.6 Å². The van der Waals surface area contributed by atoms with E-state index in [0.29, 0.717) is 5.92 Å². The maximum absolute atomic E-state index is 12.7. The smallest absolute Gasteiger partial charge is 0.241 e. The lowest BCUT2D eigenvalue weighted by Gasteiger charge is -2.27. The van der Waals surface area contributed by atoms with E-state index in [2.05, 4.69) is 56.8 Å². The molecule has 1 N–H and O–H groups in total. The highest BCUT2D eigenvalue weighted by atomic mass is 32.1. The average molecular weight is 308 g/mol. The predicted molar refractivity (Wildman–Crippen MR) is 89.2 cm³/mol. The Hall–Kier alpha value is -0.870. The molecule has 2 heterocycles. The van der Waals surface area contributed by atoms with Crippen molar-refractivity contribution >= 4 is 17.2 Å². The molecule has 1 aliphatic heterocycles. The van der Waals surface area contributed by atoms with Gasteiger partial charge in [0.05, 0.1) is 6.04 Å². The van der Waals surface area contributed by atoms with Gasteiger partial charge in [0.15, 0.2) is 0 Å². The van der Waals surface area contributed by atoms with Crippen molar-refractivity contribution in [3.63, 3.8) is 0 Å². The van der Waals surface area contributed by atoms with Gasteiger partial charge >= 0.3 is 0 Å². The Bertz CT molecular complexity index is 462. The summed E-state index contributed by atoms with van der Waals surface area (Å²) in [6, 6.07) is 2.09. The summed E-state index contributed by atoms with van der Waals surface area (Å²) in [4.78, 5) is 14.8. The number of amides is 1. The first kappa shape index (κ1) is 16.5. The highest BCUT2D eigenvalue weighted by Gasteiger charge is 2.39. The summed E-state index contributed by atoms with van der Waals surface area (Å²) in [7, 11) is 0. The van der Waals surface area contributed by atoms with Crippen LogP contribution in [0.25, 0.3) is 0 Å². The molecule has 2 unspecified atom stereocenters. The van der Waals surface area contributed by atoms with E-state index in [1.165, 1.54) is 5.56 Å². The van der Waals surface area contributed by atoms with E-state index >= 15 is 0 Å². The maximum atomic E-state index is 12.7. The fourth-order valence-corrected chi connectivity index (χ4v) is 3.40. The molecular formula is C17H28N2OS. The van der Waals surface area contributed by atoms with Gasteiger partial charge < -0.3 is 4.90 Å². The lowest BCUT2D eigenvalue weighted by molar-refractivity contribution is -0.130. The monoisotopic (exact) mass is 308 g/mol. The Morgan fingerprint density at radius 3 is 2.62 bits per heavy atom. The standard InChI is InChI=1S/C17H28N2OS/c1-12(2)10-14-16(20)19(8-7-17(3,4)5)15(18-14)13-6-9-21-11-13/h6,9,11-12,14-15,18H,7-8,10H2,1-5H3. The van der Waals surface area contributed by atoms with Crippen LogP contribution < -0.4 is 5.32 Å². The van der Waals surface area contributed by atoms with Crippen LogP contribution in [0.1, 0.15) is 59.2 Å². The van der Waals surface area contributed by atoms with Crippen molar-refractivity contribution < 1.29 is 4.79 Å². The van der Waals surface area contributed by atoms with E-state index in [1.54, 1.807) is 11.3 Å². The SMILES string of the molecule is CC(C)CC1NC(c2ccsc2)N(CCC(C)(C)C)C1=O. The lowest BCUT2D eigenvalue weighted by atomic mass is 9.92. The molecule has 0 radical (unpaired) electrons. The molecule has 3 nitrogen and oxygen atoms in total. The first-order valence-corrected chi connectivity index (χ1v) is 8.81. The molecule has 2 atom stereocenters. The number of hydrogen-bond donors (Lipinski definition) is 1. The van der Waals surface area contributed by atoms with Crippen LogP contribution in [0.4, 0.5) is 0 Å². The normalized spacial score (nSPS) is 23.3. The highest BCUT2D eigenvalue weighted by molar-refractivity contribution is 7.07. The average Bonchev–Trinajstić information content (AvgIpc) is 2.95. The van der Waals surface area contributed by atoms with Gasteiger partial charge in [-0.25, -0.2) is 0 Å². The molecule has 1 aromatic rings. The molecule has 2 rings (SSSR count). The molecule has 118 valence electrons. The Morgan fingerprint density at radius 2 is 2.10 bits per heavy atom. The minimum Gasteiger partial charge on any atom is -0.322 e. The molecule has 1 aliphatic rings. The number of thiophene rings is 1. The van der Waals surface area contributed by atoms with E-state index in [4.69, 9.17) is 0 Å². The van der Waals surface area contributed by atoms with Crippen LogP contribution in [0.15, 0.2) is 16.8 Å². The minimum absolute atomic E-state index is 0.0325. The van der Waals surface area contributed by atoms with E-state index in [-0.39, 0.29) is 23.5 Å². The summed E-state index contributed by atoms with van der Waals surface area (Å²) in [5, 5.41) is 7.77. The fraction of sp³-hybridized carbons (Fsp3) is 0.706. The summed E-state index contributed by atoms with van der Waals surface area (Å²) in [6.45, 7) is 11.9. The molecule has 0 bridgehead atoms. The molecule has 4 heteroatoms. The van der Waals surface area contributed by atoms with Gasteiger partial charge in [0.1, 0.15) is 6.17 Å². The second kappa shape index (κ2) is 6.49. The molecule has 1 amide bonds. The lowest BCUT2D eigenvalue weighted by Crippen LogP contribution is -2.34. The van der Waals surface area contributed by atoms with E-state index in [1.807, 2.05) is 4.90 Å². The van der Waals surface area contributed by atoms with E-state index < -0.39 is 0 Å². The molecule has 0 aromatic carbocycles. The number of carbonyl (C=O) groups is 1. The van der Waals surface area contributed by atoms with Gasteiger partial charge in [0.2, 0.25) is 5.91 Å². The predicted octanol–water partition coefficient (Wildman–Crippen LogP) is 4.03. The Balaban J connectivity index is 2.14. The second-order valence-electron chi connectivity index (χ2n) is 7.65. The van der Waals surface area contributed by atoms with Crippen molar-refractivity contribution in [2.45, 2.75) is 59.7 Å². The van der Waals surface area contributed by atoms with Crippen LogP contribution in [-0.2, 0) is 4.79 Å². The van der Waals surface area contributed by atoms with Crippen molar-refractivity contribution in [2.75, 3.05) is 6.54 Å². The Kier molecular flexibility index (Phi) is 5.10. The van der Waals surface area contributed by atoms with Crippen LogP contribution in [0.2, 0.25) is 0 Å². The van der Waals surface area contributed by atoms with Crippen LogP contribution in [0, 0.1) is 11.3 Å². The summed E-state index contributed by atoms with van der Waals surface area (Å²) >= 11 is 1.69. The number of carbonyl (C=O) groups excluding carboxylic acids is 1. The van der Waals surface area contributed by atoms with Gasteiger partial charge in [-0.2, -0.15) is 11.3 Å². The molecule has 0 spiro atoms. The number of hydrogen-bond acceptors (Lipinski definition) is 3. The van der Waals surface area contributed by atoms with Gasteiger partial charge in [0, 0.05) is 6.54 Å². The van der Waals surface area contributed by atoms with Gasteiger partial charge in [0.25, 0.3) is 0 Å². The van der Waals surface area contributed by atoms with E-state index in [0.717, 1.165) is 19.4 Å². The molecule has 0 aliphatic carbocycles. The molecule has 1 aromatic heterocycles. The van der Waals surface area contributed by atoms with E-state index in [9.17, 15) is 4.79 Å². The van der Waals surface area contributed by atoms with Crippen molar-refractivity contribution in [3.05, 3.63) is 22.4 Å². The summed E-state index contributed by atoms with van der Waals surface area (Å²) in [5.41, 5.74) is 1.46. The quantitative estimate of drug-likeness (QED) is 0.890. The van der Waals surface area contributed by atoms with Gasteiger partial charge in [-0.15, -0.1) is 0 Å². The zero-order valence-corrected chi connectivity index (χ0v) is 14.7. The maximum Gasteiger partial charge on any atom is 0.241 e. The van der Waals surface area contributed by atoms with Crippen molar-refractivity contribution in [2.24, 2.45) is 11.3 Å². The molecule has 21 heavy (non-hydrogen) atoms. The van der Waals surface area contributed by atoms with Crippen LogP contribution in [-0.4, -0.2) is 23.4 Å². The summed E-state index contributed by atoms with van der Waals surface area (Å²) in [5.74, 6) is 0.793. The molecule has 0 saturated carbocycles. The first-order chi connectivity index (χ1) is 9.78. The number of rotatable bonds is 5. The third kappa shape index (κ3) is 4.30. The molecule has 1 saturated heterocycles. The topological polar surface area (TPSA) is 32.3 Å². The zero-order chi connectivity index (χ0) is 15.6. The second-order valence-corrected chi connectivity index (χ2v) is 8.43. The number of nitrogens with zero attached hydrogens (tertiary/aromatic N) is 1. The molecular weight excluding hydrogens is 280 g/mol. The first-order valence-electron chi connectivity index (χ1n) is 7.86. The summed E-state index contributed by atoms with van der Waals surface area (Å²) in [6.07, 6.45) is 1.98. The van der Waals surface area contributed by atoms with Crippen molar-refractivity contribution in [1.29, 1.82) is 0 Å². The van der Waals surface area contributed by atoms with Crippen LogP contribution in [0.3, 0.4) is 0 Å². The Morgan fingerprint density at radius 1 is 1.38 bits per heavy atom. The third-order valence-corrected chi connectivity index (χ3v) is 4.62. The van der Waals surface area contributed by atoms with Crippen LogP contribution >= 0.6 is 11.3 Å². The van der Waals surface area contributed by atoms with Crippen LogP contribution in [0.5, 0.6) is 0 Å². The largest absolute Gasteiger partial charge is 0.322 e. The molecule has 1 fully saturated rings. The minimum atomic E-state index is -0.0325. The zero-order valence-electron chi connectivity index (χ0n) is 13.8. The fourth-order valence-electron chi connectivity index (χ4n) is 2.72. The number of nitrogens with one attached hydrogen (secondary N) is 1.